The second-order valence-electron chi connectivity index (χ2n) is 4.33. The molecule has 1 unspecified atom stereocenters. The minimum atomic E-state index is -0.321. The molecule has 1 aromatic carbocycles. The number of hydrogen-bond acceptors (Lipinski definition) is 2. The van der Waals surface area contributed by atoms with Crippen molar-refractivity contribution in [2.75, 3.05) is 0 Å². The fourth-order valence-electron chi connectivity index (χ4n) is 1.55. The smallest absolute Gasteiger partial charge is 0.258 e. The van der Waals surface area contributed by atoms with E-state index in [1.54, 1.807) is 6.07 Å². The summed E-state index contributed by atoms with van der Waals surface area (Å²) < 4.78 is 0.743. The number of halogens is 2. The molecule has 0 bridgehead atoms. The van der Waals surface area contributed by atoms with Crippen LogP contribution in [0.1, 0.15) is 25.8 Å². The molecule has 0 heterocycles. The summed E-state index contributed by atoms with van der Waals surface area (Å²) in [7, 11) is 0. The fourth-order valence-corrected chi connectivity index (χ4v) is 2.12. The maximum atomic E-state index is 10.9. The van der Waals surface area contributed by atoms with Crippen LogP contribution in [0.15, 0.2) is 22.7 Å². The molecule has 0 radical (unpaired) electrons. The van der Waals surface area contributed by atoms with E-state index in [0.29, 0.717) is 10.7 Å². The second kappa shape index (κ2) is 6.50. The van der Waals surface area contributed by atoms with Crippen LogP contribution in [-0.2, 0) is 6.42 Å². The Kier molecular flexibility index (Phi) is 5.59. The largest absolute Gasteiger partial charge is 0.273 e. The molecule has 0 aliphatic carbocycles. The van der Waals surface area contributed by atoms with E-state index in [9.17, 15) is 10.1 Å². The molecule has 0 aliphatic heterocycles. The second-order valence-corrected chi connectivity index (χ2v) is 6.42. The van der Waals surface area contributed by atoms with Crippen molar-refractivity contribution in [2.45, 2.75) is 31.5 Å². The molecule has 5 heteroatoms. The zero-order valence-electron chi connectivity index (χ0n) is 9.82. The van der Waals surface area contributed by atoms with Crippen molar-refractivity contribution in [3.63, 3.8) is 0 Å². The third-order valence-corrected chi connectivity index (χ3v) is 4.67. The van der Waals surface area contributed by atoms with Gasteiger partial charge in [-0.05, 0) is 24.8 Å². The minimum absolute atomic E-state index is 0.197. The maximum absolute atomic E-state index is 10.9. The Hall–Kier alpha value is -0.420. The Labute approximate surface area is 118 Å². The lowest BCUT2D eigenvalue weighted by Crippen LogP contribution is -2.08. The van der Waals surface area contributed by atoms with Crippen molar-refractivity contribution in [1.82, 2.24) is 0 Å². The number of rotatable bonds is 5. The van der Waals surface area contributed by atoms with E-state index in [1.807, 2.05) is 12.1 Å². The van der Waals surface area contributed by atoms with E-state index in [0.717, 1.165) is 22.9 Å². The first-order valence-corrected chi connectivity index (χ1v) is 7.19. The molecule has 0 amide bonds. The molecule has 0 saturated heterocycles. The van der Waals surface area contributed by atoms with Gasteiger partial charge in [0.25, 0.3) is 5.69 Å². The maximum Gasteiger partial charge on any atom is 0.273 e. The Balaban J connectivity index is 2.80. The van der Waals surface area contributed by atoms with Crippen LogP contribution in [0.2, 0.25) is 0 Å². The van der Waals surface area contributed by atoms with E-state index in [2.05, 4.69) is 45.7 Å². The molecule has 0 fully saturated rings. The summed E-state index contributed by atoms with van der Waals surface area (Å²) in [5.41, 5.74) is 0.992. The number of hydrogen-bond donors (Lipinski definition) is 0. The molecule has 17 heavy (non-hydrogen) atoms. The van der Waals surface area contributed by atoms with E-state index in [1.165, 1.54) is 0 Å². The lowest BCUT2D eigenvalue weighted by molar-refractivity contribution is -0.385. The normalized spacial score (nSPS) is 12.8. The van der Waals surface area contributed by atoms with Crippen molar-refractivity contribution >= 4 is 37.5 Å². The van der Waals surface area contributed by atoms with Crippen LogP contribution < -0.4 is 0 Å². The standard InChI is InChI=1S/C12H15Br2NO2/c1-8(2)11(14)6-4-9-3-5-10(13)7-12(9)15(16)17/h3,5,7-8,11H,4,6H2,1-2H3. The molecular weight excluding hydrogens is 350 g/mol. The van der Waals surface area contributed by atoms with Crippen LogP contribution in [0, 0.1) is 16.0 Å². The summed E-state index contributed by atoms with van der Waals surface area (Å²) in [4.78, 5) is 11.0. The quantitative estimate of drug-likeness (QED) is 0.431. The first-order chi connectivity index (χ1) is 7.91. The third-order valence-electron chi connectivity index (χ3n) is 2.66. The predicted molar refractivity (Wildman–Crippen MR) is 76.7 cm³/mol. The summed E-state index contributed by atoms with van der Waals surface area (Å²) in [5, 5.41) is 10.9. The van der Waals surface area contributed by atoms with Crippen LogP contribution >= 0.6 is 31.9 Å². The van der Waals surface area contributed by atoms with Crippen molar-refractivity contribution in [3.8, 4) is 0 Å². The number of nitro benzene ring substituents is 1. The summed E-state index contributed by atoms with van der Waals surface area (Å²) in [6, 6.07) is 5.23. The number of nitrogens with zero attached hydrogens (tertiary/aromatic N) is 1. The predicted octanol–water partition coefficient (Wildman–Crippen LogP) is 4.71. The molecule has 0 saturated carbocycles. The summed E-state index contributed by atoms with van der Waals surface area (Å²) in [6.07, 6.45) is 1.62. The molecule has 94 valence electrons. The molecular formula is C12H15Br2NO2. The lowest BCUT2D eigenvalue weighted by atomic mass is 10.0. The highest BCUT2D eigenvalue weighted by molar-refractivity contribution is 9.10. The molecule has 0 N–H and O–H groups in total. The molecule has 1 atom stereocenters. The van der Waals surface area contributed by atoms with Gasteiger partial charge in [0, 0.05) is 20.9 Å². The van der Waals surface area contributed by atoms with Crippen molar-refractivity contribution in [3.05, 3.63) is 38.3 Å². The van der Waals surface area contributed by atoms with Gasteiger partial charge in [-0.2, -0.15) is 0 Å². The van der Waals surface area contributed by atoms with Gasteiger partial charge in [-0.3, -0.25) is 10.1 Å². The molecule has 1 aromatic rings. The van der Waals surface area contributed by atoms with Gasteiger partial charge < -0.3 is 0 Å². The van der Waals surface area contributed by atoms with Crippen molar-refractivity contribution in [1.29, 1.82) is 0 Å². The van der Waals surface area contributed by atoms with Crippen LogP contribution in [0.4, 0.5) is 5.69 Å². The van der Waals surface area contributed by atoms with Gasteiger partial charge in [-0.15, -0.1) is 0 Å². The SMILES string of the molecule is CC(C)C(Br)CCc1ccc(Br)cc1[N+](=O)[O-]. The number of alkyl halides is 1. The first kappa shape index (κ1) is 14.6. The van der Waals surface area contributed by atoms with E-state index in [4.69, 9.17) is 0 Å². The van der Waals surface area contributed by atoms with E-state index in [-0.39, 0.29) is 10.6 Å². The van der Waals surface area contributed by atoms with Gasteiger partial charge >= 0.3 is 0 Å². The van der Waals surface area contributed by atoms with Gasteiger partial charge in [0.2, 0.25) is 0 Å². The zero-order valence-corrected chi connectivity index (χ0v) is 13.0. The Bertz CT molecular complexity index is 407. The first-order valence-electron chi connectivity index (χ1n) is 5.48. The zero-order chi connectivity index (χ0) is 13.0. The Morgan fingerprint density at radius 2 is 2.06 bits per heavy atom. The van der Waals surface area contributed by atoms with Gasteiger partial charge in [0.05, 0.1) is 4.92 Å². The van der Waals surface area contributed by atoms with Crippen LogP contribution in [0.25, 0.3) is 0 Å². The average molecular weight is 365 g/mol. The molecule has 0 aromatic heterocycles. The van der Waals surface area contributed by atoms with Crippen LogP contribution in [-0.4, -0.2) is 9.75 Å². The average Bonchev–Trinajstić information content (AvgIpc) is 2.26. The van der Waals surface area contributed by atoms with Crippen molar-refractivity contribution < 1.29 is 4.92 Å². The minimum Gasteiger partial charge on any atom is -0.258 e. The van der Waals surface area contributed by atoms with Gasteiger partial charge in [0.1, 0.15) is 0 Å². The number of benzene rings is 1. The third kappa shape index (κ3) is 4.39. The van der Waals surface area contributed by atoms with Crippen LogP contribution in [0.5, 0.6) is 0 Å². The van der Waals surface area contributed by atoms with Crippen molar-refractivity contribution in [2.24, 2.45) is 5.92 Å². The van der Waals surface area contributed by atoms with E-state index >= 15 is 0 Å². The highest BCUT2D eigenvalue weighted by Crippen LogP contribution is 2.26. The van der Waals surface area contributed by atoms with Gasteiger partial charge in [-0.1, -0.05) is 51.8 Å². The number of aryl methyl sites for hydroxylation is 1. The summed E-state index contributed by atoms with van der Waals surface area (Å²) in [5.74, 6) is 0.532. The van der Waals surface area contributed by atoms with Gasteiger partial charge in [-0.25, -0.2) is 0 Å². The number of nitro groups is 1. The summed E-state index contributed by atoms with van der Waals surface area (Å²) in [6.45, 7) is 4.27. The Morgan fingerprint density at radius 1 is 1.41 bits per heavy atom. The molecule has 3 nitrogen and oxygen atoms in total. The highest BCUT2D eigenvalue weighted by atomic mass is 79.9. The lowest BCUT2D eigenvalue weighted by Gasteiger charge is -2.13. The molecule has 0 aliphatic rings. The summed E-state index contributed by atoms with van der Waals surface area (Å²) >= 11 is 6.85. The molecule has 1 rings (SSSR count). The highest BCUT2D eigenvalue weighted by Gasteiger charge is 2.16. The monoisotopic (exact) mass is 363 g/mol. The van der Waals surface area contributed by atoms with Gasteiger partial charge in [0.15, 0.2) is 0 Å². The van der Waals surface area contributed by atoms with E-state index < -0.39 is 0 Å². The topological polar surface area (TPSA) is 43.1 Å². The Morgan fingerprint density at radius 3 is 2.59 bits per heavy atom. The molecule has 0 spiro atoms. The fraction of sp³-hybridized carbons (Fsp3) is 0.500. The van der Waals surface area contributed by atoms with Crippen LogP contribution in [0.3, 0.4) is 0 Å².